The highest BCUT2D eigenvalue weighted by molar-refractivity contribution is 7.08. The molecule has 0 aliphatic carbocycles. The number of benzene rings is 1. The molecule has 1 aliphatic heterocycles. The normalized spacial score (nSPS) is 21.3. The molecular formula is C21H30N2O2S. The Bertz CT molecular complexity index is 702. The predicted octanol–water partition coefficient (Wildman–Crippen LogP) is 3.56. The molecule has 5 heteroatoms. The summed E-state index contributed by atoms with van der Waals surface area (Å²) in [5.41, 5.74) is 3.66. The summed E-state index contributed by atoms with van der Waals surface area (Å²) in [7, 11) is 5.91. The molecule has 142 valence electrons. The van der Waals surface area contributed by atoms with Crippen molar-refractivity contribution < 1.29 is 9.84 Å². The average molecular weight is 375 g/mol. The van der Waals surface area contributed by atoms with Gasteiger partial charge < -0.3 is 14.7 Å². The second-order valence-corrected chi connectivity index (χ2v) is 8.54. The van der Waals surface area contributed by atoms with Gasteiger partial charge in [-0.2, -0.15) is 11.3 Å². The number of nitrogens with zero attached hydrogens (tertiary/aromatic N) is 2. The van der Waals surface area contributed by atoms with Crippen LogP contribution in [0.1, 0.15) is 18.4 Å². The standard InChI is InChI=1S/C21H30N2O2S/c1-22(2)14-21(16-24)8-4-9-23(15-21)12-17-5-6-20(25-3)19(11-17)18-7-10-26-13-18/h5-7,10-11,13,24H,4,8-9,12,14-16H2,1-3H3. The Hall–Kier alpha value is -1.40. The molecule has 3 rings (SSSR count). The maximum atomic E-state index is 10.0. The van der Waals surface area contributed by atoms with E-state index in [2.05, 4.69) is 58.9 Å². The van der Waals surface area contributed by atoms with Gasteiger partial charge in [0.25, 0.3) is 0 Å². The van der Waals surface area contributed by atoms with Crippen LogP contribution in [0.5, 0.6) is 5.75 Å². The summed E-state index contributed by atoms with van der Waals surface area (Å²) in [4.78, 5) is 4.68. The molecule has 4 nitrogen and oxygen atoms in total. The third-order valence-electron chi connectivity index (χ3n) is 5.23. The second-order valence-electron chi connectivity index (χ2n) is 7.76. The van der Waals surface area contributed by atoms with Crippen molar-refractivity contribution in [1.29, 1.82) is 0 Å². The molecule has 1 atom stereocenters. The monoisotopic (exact) mass is 374 g/mol. The highest BCUT2D eigenvalue weighted by atomic mass is 32.1. The number of piperidine rings is 1. The Morgan fingerprint density at radius 3 is 2.81 bits per heavy atom. The summed E-state index contributed by atoms with van der Waals surface area (Å²) < 4.78 is 5.56. The number of hydrogen-bond acceptors (Lipinski definition) is 5. The van der Waals surface area contributed by atoms with Crippen LogP contribution < -0.4 is 4.74 Å². The van der Waals surface area contributed by atoms with E-state index in [9.17, 15) is 5.11 Å². The second kappa shape index (κ2) is 8.53. The Labute approximate surface area is 161 Å². The average Bonchev–Trinajstić information content (AvgIpc) is 3.16. The summed E-state index contributed by atoms with van der Waals surface area (Å²) in [5.74, 6) is 0.920. The first-order valence-electron chi connectivity index (χ1n) is 9.23. The lowest BCUT2D eigenvalue weighted by molar-refractivity contribution is 0.0105. The van der Waals surface area contributed by atoms with Gasteiger partial charge in [-0.1, -0.05) is 6.07 Å². The zero-order valence-electron chi connectivity index (χ0n) is 16.1. The zero-order chi connectivity index (χ0) is 18.6. The molecule has 2 heterocycles. The number of aliphatic hydroxyl groups excluding tert-OH is 1. The molecule has 1 aromatic heterocycles. The van der Waals surface area contributed by atoms with Gasteiger partial charge in [-0.15, -0.1) is 0 Å². The number of likely N-dealkylation sites (tertiary alicyclic amines) is 1. The van der Waals surface area contributed by atoms with Gasteiger partial charge in [-0.05, 0) is 73.6 Å². The third-order valence-corrected chi connectivity index (χ3v) is 5.91. The number of thiophene rings is 1. The first-order valence-corrected chi connectivity index (χ1v) is 10.2. The van der Waals surface area contributed by atoms with E-state index < -0.39 is 0 Å². The van der Waals surface area contributed by atoms with Gasteiger partial charge >= 0.3 is 0 Å². The Kier molecular flexibility index (Phi) is 6.35. The lowest BCUT2D eigenvalue weighted by Crippen LogP contribution is -2.49. The molecule has 0 spiro atoms. The number of methoxy groups -OCH3 is 1. The van der Waals surface area contributed by atoms with Crippen molar-refractivity contribution in [2.24, 2.45) is 5.41 Å². The minimum atomic E-state index is -0.00952. The fraction of sp³-hybridized carbons (Fsp3) is 0.524. The number of rotatable bonds is 7. The highest BCUT2D eigenvalue weighted by Gasteiger charge is 2.35. The third kappa shape index (κ3) is 4.46. The first-order chi connectivity index (χ1) is 12.5. The number of aliphatic hydroxyl groups is 1. The van der Waals surface area contributed by atoms with Gasteiger partial charge in [0.15, 0.2) is 0 Å². The van der Waals surface area contributed by atoms with Crippen LogP contribution >= 0.6 is 11.3 Å². The van der Waals surface area contributed by atoms with E-state index >= 15 is 0 Å². The Morgan fingerprint density at radius 2 is 2.15 bits per heavy atom. The molecule has 0 bridgehead atoms. The Balaban J connectivity index is 1.77. The minimum Gasteiger partial charge on any atom is -0.496 e. The van der Waals surface area contributed by atoms with Crippen molar-refractivity contribution in [3.63, 3.8) is 0 Å². The van der Waals surface area contributed by atoms with Crippen molar-refractivity contribution >= 4 is 11.3 Å². The fourth-order valence-electron chi connectivity index (χ4n) is 4.18. The first kappa shape index (κ1) is 19.4. The molecule has 1 N–H and O–H groups in total. The van der Waals surface area contributed by atoms with E-state index in [1.807, 2.05) is 0 Å². The molecule has 2 aromatic rings. The quantitative estimate of drug-likeness (QED) is 0.804. The summed E-state index contributed by atoms with van der Waals surface area (Å²) in [6, 6.07) is 8.63. The summed E-state index contributed by atoms with van der Waals surface area (Å²) >= 11 is 1.71. The van der Waals surface area contributed by atoms with Crippen LogP contribution in [0, 0.1) is 5.41 Å². The number of ether oxygens (including phenoxy) is 1. The summed E-state index contributed by atoms with van der Waals surface area (Å²) in [6.45, 7) is 4.14. The van der Waals surface area contributed by atoms with Crippen LogP contribution in [0.15, 0.2) is 35.0 Å². The molecule has 0 amide bonds. The van der Waals surface area contributed by atoms with Gasteiger partial charge in [0.2, 0.25) is 0 Å². The van der Waals surface area contributed by atoms with E-state index in [4.69, 9.17) is 4.74 Å². The molecule has 1 aliphatic rings. The summed E-state index contributed by atoms with van der Waals surface area (Å²) in [5, 5.41) is 14.3. The lowest BCUT2D eigenvalue weighted by atomic mass is 9.80. The molecule has 1 aromatic carbocycles. The molecule has 1 saturated heterocycles. The maximum absolute atomic E-state index is 10.0. The topological polar surface area (TPSA) is 35.9 Å². The predicted molar refractivity (Wildman–Crippen MR) is 109 cm³/mol. The van der Waals surface area contributed by atoms with Crippen LogP contribution in [0.2, 0.25) is 0 Å². The van der Waals surface area contributed by atoms with Crippen LogP contribution in [0.25, 0.3) is 11.1 Å². The minimum absolute atomic E-state index is 0.00952. The van der Waals surface area contributed by atoms with E-state index in [0.717, 1.165) is 50.3 Å². The van der Waals surface area contributed by atoms with Crippen LogP contribution in [-0.2, 0) is 6.54 Å². The molecule has 0 saturated carbocycles. The van der Waals surface area contributed by atoms with Crippen LogP contribution in [-0.4, -0.2) is 62.4 Å². The Morgan fingerprint density at radius 1 is 1.31 bits per heavy atom. The van der Waals surface area contributed by atoms with Crippen LogP contribution in [0.4, 0.5) is 0 Å². The van der Waals surface area contributed by atoms with E-state index in [1.54, 1.807) is 18.4 Å². The zero-order valence-corrected chi connectivity index (χ0v) is 16.9. The smallest absolute Gasteiger partial charge is 0.126 e. The molecule has 26 heavy (non-hydrogen) atoms. The van der Waals surface area contributed by atoms with Gasteiger partial charge in [0.05, 0.1) is 13.7 Å². The lowest BCUT2D eigenvalue weighted by Gasteiger charge is -2.43. The van der Waals surface area contributed by atoms with Gasteiger partial charge in [0.1, 0.15) is 5.75 Å². The van der Waals surface area contributed by atoms with E-state index in [1.165, 1.54) is 11.1 Å². The highest BCUT2D eigenvalue weighted by Crippen LogP contribution is 2.34. The van der Waals surface area contributed by atoms with Gasteiger partial charge in [-0.25, -0.2) is 0 Å². The summed E-state index contributed by atoms with van der Waals surface area (Å²) in [6.07, 6.45) is 2.24. The van der Waals surface area contributed by atoms with Crippen molar-refractivity contribution in [2.75, 3.05) is 47.4 Å². The number of hydrogen-bond donors (Lipinski definition) is 1. The molecule has 1 fully saturated rings. The molecular weight excluding hydrogens is 344 g/mol. The van der Waals surface area contributed by atoms with Gasteiger partial charge in [-0.3, -0.25) is 4.90 Å². The van der Waals surface area contributed by atoms with E-state index in [-0.39, 0.29) is 12.0 Å². The van der Waals surface area contributed by atoms with Crippen molar-refractivity contribution in [3.8, 4) is 16.9 Å². The molecule has 0 radical (unpaired) electrons. The fourth-order valence-corrected chi connectivity index (χ4v) is 4.83. The van der Waals surface area contributed by atoms with Crippen molar-refractivity contribution in [1.82, 2.24) is 9.80 Å². The largest absolute Gasteiger partial charge is 0.496 e. The molecule has 1 unspecified atom stereocenters. The SMILES string of the molecule is COc1ccc(CN2CCCC(CO)(CN(C)C)C2)cc1-c1ccsc1. The van der Waals surface area contributed by atoms with E-state index in [0.29, 0.717) is 0 Å². The van der Waals surface area contributed by atoms with Crippen LogP contribution in [0.3, 0.4) is 0 Å². The van der Waals surface area contributed by atoms with Crippen molar-refractivity contribution in [3.05, 3.63) is 40.6 Å². The van der Waals surface area contributed by atoms with Gasteiger partial charge in [0, 0.05) is 30.6 Å². The van der Waals surface area contributed by atoms with Crippen molar-refractivity contribution in [2.45, 2.75) is 19.4 Å². The maximum Gasteiger partial charge on any atom is 0.126 e.